The third-order valence-electron chi connectivity index (χ3n) is 4.79. The molecular formula is C18H21N3O. The minimum atomic E-state index is 0.0947. The molecule has 4 heteroatoms. The quantitative estimate of drug-likeness (QED) is 0.849. The molecule has 2 saturated heterocycles. The molecule has 0 unspecified atom stereocenters. The monoisotopic (exact) mass is 295 g/mol. The molecule has 2 atom stereocenters. The number of amides is 1. The lowest BCUT2D eigenvalue weighted by Crippen LogP contribution is -2.31. The van der Waals surface area contributed by atoms with Gasteiger partial charge in [0, 0.05) is 19.2 Å². The zero-order valence-corrected chi connectivity index (χ0v) is 12.7. The number of carbonyl (C=O) groups excluding carboxylic acids is 1. The van der Waals surface area contributed by atoms with E-state index in [0.717, 1.165) is 56.4 Å². The molecule has 3 rings (SSSR count). The van der Waals surface area contributed by atoms with Crippen LogP contribution in [-0.2, 0) is 4.79 Å². The van der Waals surface area contributed by atoms with Gasteiger partial charge in [0.15, 0.2) is 0 Å². The summed E-state index contributed by atoms with van der Waals surface area (Å²) in [6.45, 7) is 3.93. The van der Waals surface area contributed by atoms with E-state index in [1.807, 2.05) is 23.1 Å². The largest absolute Gasteiger partial charge is 0.339 e. The fourth-order valence-corrected chi connectivity index (χ4v) is 3.38. The molecule has 0 saturated carbocycles. The van der Waals surface area contributed by atoms with Crippen LogP contribution in [0.5, 0.6) is 0 Å². The first-order valence-corrected chi connectivity index (χ1v) is 7.94. The lowest BCUT2D eigenvalue weighted by Gasteiger charge is -2.18. The number of likely N-dealkylation sites (tertiary alicyclic amines) is 1. The summed E-state index contributed by atoms with van der Waals surface area (Å²) in [5, 5.41) is 12.2. The normalized spacial score (nSPS) is 24.8. The molecular weight excluding hydrogens is 274 g/mol. The molecule has 1 amide bonds. The number of nitrogens with zero attached hydrogens (tertiary/aromatic N) is 2. The predicted molar refractivity (Wildman–Crippen MR) is 85.9 cm³/mol. The van der Waals surface area contributed by atoms with E-state index in [0.29, 0.717) is 5.56 Å². The summed E-state index contributed by atoms with van der Waals surface area (Å²) >= 11 is 0. The topological polar surface area (TPSA) is 56.1 Å². The van der Waals surface area contributed by atoms with Crippen LogP contribution in [0.4, 0.5) is 0 Å². The van der Waals surface area contributed by atoms with Gasteiger partial charge in [-0.05, 0) is 61.5 Å². The van der Waals surface area contributed by atoms with Gasteiger partial charge in [-0.3, -0.25) is 4.79 Å². The van der Waals surface area contributed by atoms with Crippen LogP contribution < -0.4 is 5.32 Å². The average molecular weight is 295 g/mol. The molecule has 1 N–H and O–H groups in total. The number of nitrogens with one attached hydrogen (secondary N) is 1. The van der Waals surface area contributed by atoms with Crippen molar-refractivity contribution in [2.75, 3.05) is 26.2 Å². The maximum Gasteiger partial charge on any atom is 0.246 e. The average Bonchev–Trinajstić information content (AvgIpc) is 2.91. The Bertz CT molecular complexity index is 586. The van der Waals surface area contributed by atoms with Gasteiger partial charge in [-0.1, -0.05) is 12.1 Å². The predicted octanol–water partition coefficient (Wildman–Crippen LogP) is 2.03. The van der Waals surface area contributed by atoms with Crippen molar-refractivity contribution in [3.05, 3.63) is 41.5 Å². The summed E-state index contributed by atoms with van der Waals surface area (Å²) < 4.78 is 0. The van der Waals surface area contributed by atoms with Gasteiger partial charge in [-0.15, -0.1) is 0 Å². The van der Waals surface area contributed by atoms with Gasteiger partial charge in [0.1, 0.15) is 0 Å². The van der Waals surface area contributed by atoms with Gasteiger partial charge in [-0.25, -0.2) is 0 Å². The Labute approximate surface area is 131 Å². The molecule has 0 aromatic heterocycles. The summed E-state index contributed by atoms with van der Waals surface area (Å²) in [5.74, 6) is 1.57. The SMILES string of the molecule is N#Cc1ccc(/C=C/C(=O)N2CC[C@@H]3CNC[C@@H]3CC2)cc1. The van der Waals surface area contributed by atoms with Crippen LogP contribution in [0.2, 0.25) is 0 Å². The second-order valence-electron chi connectivity index (χ2n) is 6.15. The second kappa shape index (κ2) is 6.76. The van der Waals surface area contributed by atoms with E-state index < -0.39 is 0 Å². The molecule has 0 bridgehead atoms. The maximum atomic E-state index is 12.3. The summed E-state index contributed by atoms with van der Waals surface area (Å²) in [6.07, 6.45) is 5.69. The molecule has 114 valence electrons. The Morgan fingerprint density at radius 2 is 1.82 bits per heavy atom. The van der Waals surface area contributed by atoms with Gasteiger partial charge >= 0.3 is 0 Å². The highest BCUT2D eigenvalue weighted by Crippen LogP contribution is 2.27. The van der Waals surface area contributed by atoms with Crippen LogP contribution in [0.3, 0.4) is 0 Å². The van der Waals surface area contributed by atoms with E-state index in [2.05, 4.69) is 11.4 Å². The van der Waals surface area contributed by atoms with E-state index in [1.54, 1.807) is 18.2 Å². The van der Waals surface area contributed by atoms with Gasteiger partial charge in [0.2, 0.25) is 5.91 Å². The molecule has 4 nitrogen and oxygen atoms in total. The number of carbonyl (C=O) groups is 1. The molecule has 2 fully saturated rings. The molecule has 0 aliphatic carbocycles. The van der Waals surface area contributed by atoms with Crippen LogP contribution >= 0.6 is 0 Å². The van der Waals surface area contributed by atoms with Crippen molar-refractivity contribution in [1.82, 2.24) is 10.2 Å². The Hall–Kier alpha value is -2.12. The molecule has 22 heavy (non-hydrogen) atoms. The number of hydrogen-bond donors (Lipinski definition) is 1. The van der Waals surface area contributed by atoms with Crippen LogP contribution in [0.1, 0.15) is 24.0 Å². The smallest absolute Gasteiger partial charge is 0.246 e. The van der Waals surface area contributed by atoms with Crippen molar-refractivity contribution in [1.29, 1.82) is 5.26 Å². The first-order valence-electron chi connectivity index (χ1n) is 7.94. The first-order chi connectivity index (χ1) is 10.8. The van der Waals surface area contributed by atoms with Gasteiger partial charge in [-0.2, -0.15) is 5.26 Å². The standard InChI is InChI=1S/C18H21N3O/c19-11-15-3-1-14(2-4-15)5-6-18(22)21-9-7-16-12-20-13-17(16)8-10-21/h1-6,16-17,20H,7-10,12-13H2/b6-5+/t16-,17+. The second-order valence-corrected chi connectivity index (χ2v) is 6.15. The van der Waals surface area contributed by atoms with Crippen LogP contribution in [0, 0.1) is 23.2 Å². The van der Waals surface area contributed by atoms with Crippen molar-refractivity contribution in [2.45, 2.75) is 12.8 Å². The van der Waals surface area contributed by atoms with Crippen molar-refractivity contribution < 1.29 is 4.79 Å². The van der Waals surface area contributed by atoms with Crippen molar-refractivity contribution in [2.24, 2.45) is 11.8 Å². The van der Waals surface area contributed by atoms with Crippen molar-refractivity contribution in [3.63, 3.8) is 0 Å². The molecule has 0 spiro atoms. The Balaban J connectivity index is 1.59. The summed E-state index contributed by atoms with van der Waals surface area (Å²) in [5.41, 5.74) is 1.58. The molecule has 1 aromatic carbocycles. The first kappa shape index (κ1) is 14.8. The molecule has 1 aromatic rings. The third-order valence-corrected chi connectivity index (χ3v) is 4.79. The zero-order chi connectivity index (χ0) is 15.4. The molecule has 2 aliphatic heterocycles. The molecule has 2 aliphatic rings. The van der Waals surface area contributed by atoms with Gasteiger partial charge in [0.05, 0.1) is 11.6 Å². The summed E-state index contributed by atoms with van der Waals surface area (Å²) in [4.78, 5) is 14.3. The minimum Gasteiger partial charge on any atom is -0.339 e. The van der Waals surface area contributed by atoms with Crippen molar-refractivity contribution in [3.8, 4) is 6.07 Å². The van der Waals surface area contributed by atoms with Crippen LogP contribution in [-0.4, -0.2) is 37.0 Å². The Kier molecular flexibility index (Phi) is 4.55. The maximum absolute atomic E-state index is 12.3. The lowest BCUT2D eigenvalue weighted by molar-refractivity contribution is -0.125. The number of rotatable bonds is 2. The highest BCUT2D eigenvalue weighted by molar-refractivity contribution is 5.91. The van der Waals surface area contributed by atoms with Crippen LogP contribution in [0.15, 0.2) is 30.3 Å². The highest BCUT2D eigenvalue weighted by Gasteiger charge is 2.30. The van der Waals surface area contributed by atoms with E-state index in [-0.39, 0.29) is 5.91 Å². The fourth-order valence-electron chi connectivity index (χ4n) is 3.38. The number of benzene rings is 1. The van der Waals surface area contributed by atoms with E-state index in [1.165, 1.54) is 0 Å². The van der Waals surface area contributed by atoms with Gasteiger partial charge in [0.25, 0.3) is 0 Å². The minimum absolute atomic E-state index is 0.0947. The summed E-state index contributed by atoms with van der Waals surface area (Å²) in [6, 6.07) is 9.35. The number of hydrogen-bond acceptors (Lipinski definition) is 3. The Morgan fingerprint density at radius 1 is 1.18 bits per heavy atom. The van der Waals surface area contributed by atoms with E-state index in [9.17, 15) is 4.79 Å². The third kappa shape index (κ3) is 3.37. The molecule has 2 heterocycles. The summed E-state index contributed by atoms with van der Waals surface area (Å²) in [7, 11) is 0. The van der Waals surface area contributed by atoms with Gasteiger partial charge < -0.3 is 10.2 Å². The highest BCUT2D eigenvalue weighted by atomic mass is 16.2. The van der Waals surface area contributed by atoms with Crippen LogP contribution in [0.25, 0.3) is 6.08 Å². The molecule has 0 radical (unpaired) electrons. The lowest BCUT2D eigenvalue weighted by atomic mass is 9.92. The van der Waals surface area contributed by atoms with E-state index >= 15 is 0 Å². The fraction of sp³-hybridized carbons (Fsp3) is 0.444. The van der Waals surface area contributed by atoms with Crippen molar-refractivity contribution >= 4 is 12.0 Å². The zero-order valence-electron chi connectivity index (χ0n) is 12.7. The Morgan fingerprint density at radius 3 is 2.41 bits per heavy atom. The van der Waals surface area contributed by atoms with E-state index in [4.69, 9.17) is 5.26 Å². The number of fused-ring (bicyclic) bond motifs is 1. The number of nitriles is 1.